The molecule has 0 unspecified atom stereocenters. The standard InChI is InChI=1S/C5H9NOS/c1-2-7-3-4-8-5-6/h2-4H2,1H3. The molecule has 0 spiro atoms. The van der Waals surface area contributed by atoms with Crippen LogP contribution in [-0.4, -0.2) is 19.0 Å². The molecule has 0 aromatic heterocycles. The second-order valence-corrected chi connectivity index (χ2v) is 2.02. The summed E-state index contributed by atoms with van der Waals surface area (Å²) in [6.45, 7) is 3.37. The van der Waals surface area contributed by atoms with E-state index in [4.69, 9.17) is 10.00 Å². The van der Waals surface area contributed by atoms with E-state index in [0.717, 1.165) is 12.4 Å². The summed E-state index contributed by atoms with van der Waals surface area (Å²) in [6, 6.07) is 0. The van der Waals surface area contributed by atoms with Crippen LogP contribution in [0, 0.1) is 10.7 Å². The maximum absolute atomic E-state index is 8.02. The van der Waals surface area contributed by atoms with Gasteiger partial charge in [-0.2, -0.15) is 5.26 Å². The molecule has 0 heterocycles. The van der Waals surface area contributed by atoms with Crippen molar-refractivity contribution in [1.29, 1.82) is 5.26 Å². The molecule has 0 amide bonds. The Morgan fingerprint density at radius 2 is 2.50 bits per heavy atom. The quantitative estimate of drug-likeness (QED) is 0.425. The molecule has 0 N–H and O–H groups in total. The van der Waals surface area contributed by atoms with Gasteiger partial charge in [-0.1, -0.05) is 0 Å². The van der Waals surface area contributed by atoms with Crippen LogP contribution in [0.15, 0.2) is 0 Å². The fourth-order valence-electron chi connectivity index (χ4n) is 0.291. The second-order valence-electron chi connectivity index (χ2n) is 1.14. The molecule has 0 radical (unpaired) electrons. The molecule has 0 rings (SSSR count). The van der Waals surface area contributed by atoms with E-state index in [1.165, 1.54) is 11.8 Å². The van der Waals surface area contributed by atoms with E-state index in [1.54, 1.807) is 0 Å². The van der Waals surface area contributed by atoms with Gasteiger partial charge in [-0.25, -0.2) is 0 Å². The van der Waals surface area contributed by atoms with Crippen molar-refractivity contribution in [2.24, 2.45) is 0 Å². The van der Waals surface area contributed by atoms with Gasteiger partial charge in [0.05, 0.1) is 6.61 Å². The highest BCUT2D eigenvalue weighted by molar-refractivity contribution is 8.03. The van der Waals surface area contributed by atoms with E-state index in [-0.39, 0.29) is 0 Å². The van der Waals surface area contributed by atoms with Crippen molar-refractivity contribution in [3.05, 3.63) is 0 Å². The minimum atomic E-state index is 0.689. The summed E-state index contributed by atoms with van der Waals surface area (Å²) in [7, 11) is 0. The first kappa shape index (κ1) is 7.80. The fourth-order valence-corrected chi connectivity index (χ4v) is 0.583. The zero-order valence-corrected chi connectivity index (χ0v) is 5.70. The van der Waals surface area contributed by atoms with E-state index in [2.05, 4.69) is 0 Å². The molecule has 0 bridgehead atoms. The average molecular weight is 131 g/mol. The van der Waals surface area contributed by atoms with Gasteiger partial charge in [-0.15, -0.1) is 0 Å². The molecule has 3 heteroatoms. The number of hydrogen-bond donors (Lipinski definition) is 0. The highest BCUT2D eigenvalue weighted by Gasteiger charge is 1.82. The van der Waals surface area contributed by atoms with Crippen molar-refractivity contribution in [3.63, 3.8) is 0 Å². The Morgan fingerprint density at radius 3 is 3.00 bits per heavy atom. The number of ether oxygens (including phenoxy) is 1. The lowest BCUT2D eigenvalue weighted by atomic mass is 10.8. The van der Waals surface area contributed by atoms with Crippen molar-refractivity contribution in [1.82, 2.24) is 0 Å². The van der Waals surface area contributed by atoms with Crippen molar-refractivity contribution < 1.29 is 4.74 Å². The van der Waals surface area contributed by atoms with Crippen LogP contribution in [0.4, 0.5) is 0 Å². The predicted octanol–water partition coefficient (Wildman–Crippen LogP) is 1.24. The Kier molecular flexibility index (Phi) is 6.63. The first-order valence-electron chi connectivity index (χ1n) is 2.50. The summed E-state index contributed by atoms with van der Waals surface area (Å²) in [4.78, 5) is 0. The molecule has 0 aliphatic rings. The zero-order valence-electron chi connectivity index (χ0n) is 4.89. The fraction of sp³-hybridized carbons (Fsp3) is 0.800. The SMILES string of the molecule is CCOCCSC#N. The lowest BCUT2D eigenvalue weighted by Crippen LogP contribution is -1.94. The van der Waals surface area contributed by atoms with Gasteiger partial charge in [0.25, 0.3) is 0 Å². The summed E-state index contributed by atoms with van der Waals surface area (Å²) in [5.74, 6) is 0.782. The third kappa shape index (κ3) is 5.80. The van der Waals surface area contributed by atoms with Gasteiger partial charge in [0.2, 0.25) is 0 Å². The summed E-state index contributed by atoms with van der Waals surface area (Å²) in [5, 5.41) is 9.99. The number of nitrogens with zero attached hydrogens (tertiary/aromatic N) is 1. The molecular weight excluding hydrogens is 122 g/mol. The van der Waals surface area contributed by atoms with Crippen molar-refractivity contribution in [3.8, 4) is 5.40 Å². The van der Waals surface area contributed by atoms with Crippen LogP contribution in [0.25, 0.3) is 0 Å². The summed E-state index contributed by atoms with van der Waals surface area (Å²) in [6.07, 6.45) is 0. The lowest BCUT2D eigenvalue weighted by molar-refractivity contribution is 0.164. The first-order chi connectivity index (χ1) is 3.91. The van der Waals surface area contributed by atoms with Gasteiger partial charge >= 0.3 is 0 Å². The number of thiocyanates is 1. The maximum atomic E-state index is 8.02. The van der Waals surface area contributed by atoms with E-state index < -0.39 is 0 Å². The Morgan fingerprint density at radius 1 is 1.75 bits per heavy atom. The van der Waals surface area contributed by atoms with Crippen molar-refractivity contribution >= 4 is 11.8 Å². The molecule has 0 saturated carbocycles. The molecule has 0 aromatic carbocycles. The highest BCUT2D eigenvalue weighted by atomic mass is 32.2. The number of nitriles is 1. The second kappa shape index (κ2) is 6.80. The van der Waals surface area contributed by atoms with Gasteiger partial charge in [0.1, 0.15) is 5.40 Å². The van der Waals surface area contributed by atoms with Crippen molar-refractivity contribution in [2.75, 3.05) is 19.0 Å². The minimum Gasteiger partial charge on any atom is -0.381 e. The van der Waals surface area contributed by atoms with Crippen LogP contribution in [0.5, 0.6) is 0 Å². The number of hydrogen-bond acceptors (Lipinski definition) is 3. The molecule has 8 heavy (non-hydrogen) atoms. The lowest BCUT2D eigenvalue weighted by Gasteiger charge is -1.93. The van der Waals surface area contributed by atoms with Crippen LogP contribution in [0.1, 0.15) is 6.92 Å². The summed E-state index contributed by atoms with van der Waals surface area (Å²) in [5.41, 5.74) is 0. The third-order valence-corrected chi connectivity index (χ3v) is 1.10. The maximum Gasteiger partial charge on any atom is 0.133 e. The molecule has 0 aromatic rings. The van der Waals surface area contributed by atoms with E-state index in [1.807, 2.05) is 12.3 Å². The van der Waals surface area contributed by atoms with E-state index in [0.29, 0.717) is 6.61 Å². The number of rotatable bonds is 4. The molecular formula is C5H9NOS. The molecule has 46 valence electrons. The Hall–Kier alpha value is -0.200. The molecule has 0 fully saturated rings. The normalized spacial score (nSPS) is 8.50. The molecule has 0 saturated heterocycles. The smallest absolute Gasteiger partial charge is 0.133 e. The third-order valence-electron chi connectivity index (χ3n) is 0.598. The van der Waals surface area contributed by atoms with Gasteiger partial charge in [-0.3, -0.25) is 0 Å². The molecule has 0 aliphatic carbocycles. The Labute approximate surface area is 53.8 Å². The Balaban J connectivity index is 2.65. The number of thioether (sulfide) groups is 1. The monoisotopic (exact) mass is 131 g/mol. The summed E-state index contributed by atoms with van der Waals surface area (Å²) < 4.78 is 4.96. The highest BCUT2D eigenvalue weighted by Crippen LogP contribution is 1.93. The molecule has 2 nitrogen and oxygen atoms in total. The van der Waals surface area contributed by atoms with Gasteiger partial charge in [0, 0.05) is 12.4 Å². The van der Waals surface area contributed by atoms with E-state index in [9.17, 15) is 0 Å². The predicted molar refractivity (Wildman–Crippen MR) is 34.6 cm³/mol. The first-order valence-corrected chi connectivity index (χ1v) is 3.49. The van der Waals surface area contributed by atoms with Gasteiger partial charge in [0.15, 0.2) is 0 Å². The van der Waals surface area contributed by atoms with Crippen molar-refractivity contribution in [2.45, 2.75) is 6.92 Å². The van der Waals surface area contributed by atoms with Gasteiger partial charge < -0.3 is 4.74 Å². The Bertz CT molecular complexity index is 79.0. The van der Waals surface area contributed by atoms with Crippen LogP contribution in [0.2, 0.25) is 0 Å². The molecule has 0 atom stereocenters. The van der Waals surface area contributed by atoms with Crippen LogP contribution >= 0.6 is 11.8 Å². The zero-order chi connectivity index (χ0) is 6.24. The average Bonchev–Trinajstić information content (AvgIpc) is 1.81. The van der Waals surface area contributed by atoms with Gasteiger partial charge in [-0.05, 0) is 18.7 Å². The van der Waals surface area contributed by atoms with Crippen LogP contribution in [0.3, 0.4) is 0 Å². The van der Waals surface area contributed by atoms with Crippen LogP contribution < -0.4 is 0 Å². The minimum absolute atomic E-state index is 0.689. The van der Waals surface area contributed by atoms with E-state index >= 15 is 0 Å². The largest absolute Gasteiger partial charge is 0.381 e. The van der Waals surface area contributed by atoms with Crippen LogP contribution in [-0.2, 0) is 4.74 Å². The summed E-state index contributed by atoms with van der Waals surface area (Å²) >= 11 is 1.23. The topological polar surface area (TPSA) is 33.0 Å². The molecule has 0 aliphatic heterocycles.